The van der Waals surface area contributed by atoms with E-state index in [1.807, 2.05) is 0 Å². The van der Waals surface area contributed by atoms with Crippen LogP contribution in [-0.4, -0.2) is 13.1 Å². The van der Waals surface area contributed by atoms with Gasteiger partial charge in [0, 0.05) is 24.9 Å². The third-order valence-electron chi connectivity index (χ3n) is 1.64. The molecule has 0 bridgehead atoms. The van der Waals surface area contributed by atoms with E-state index in [2.05, 4.69) is 17.2 Å². The minimum absolute atomic E-state index is 0.259. The highest BCUT2D eigenvalue weighted by atomic mass is 14.9. The predicted molar refractivity (Wildman–Crippen MR) is 37.5 cm³/mol. The standard InChI is InChI=1S/C8H9N/c1-3-7-5-9-6-8(7)4-2/h1-2,7-9H,5-6H2. The van der Waals surface area contributed by atoms with E-state index in [4.69, 9.17) is 12.8 Å². The maximum absolute atomic E-state index is 5.21. The zero-order valence-corrected chi connectivity index (χ0v) is 5.22. The van der Waals surface area contributed by atoms with Gasteiger partial charge in [-0.05, 0) is 0 Å². The molecule has 1 rings (SSSR count). The van der Waals surface area contributed by atoms with Crippen LogP contribution in [0.4, 0.5) is 0 Å². The van der Waals surface area contributed by atoms with Crippen LogP contribution in [0.15, 0.2) is 0 Å². The van der Waals surface area contributed by atoms with Gasteiger partial charge < -0.3 is 5.32 Å². The minimum Gasteiger partial charge on any atom is -0.314 e. The molecule has 2 unspecified atom stereocenters. The zero-order chi connectivity index (χ0) is 6.69. The molecular weight excluding hydrogens is 110 g/mol. The Bertz CT molecular complexity index is 150. The molecule has 1 heteroatoms. The molecule has 2 atom stereocenters. The summed E-state index contributed by atoms with van der Waals surface area (Å²) in [7, 11) is 0. The molecule has 0 aromatic carbocycles. The molecule has 1 nitrogen and oxygen atoms in total. The van der Waals surface area contributed by atoms with Crippen LogP contribution in [-0.2, 0) is 0 Å². The summed E-state index contributed by atoms with van der Waals surface area (Å²) in [6.07, 6.45) is 10.4. The first-order chi connectivity index (χ1) is 4.38. The summed E-state index contributed by atoms with van der Waals surface area (Å²) in [5.74, 6) is 5.84. The maximum atomic E-state index is 5.21. The number of hydrogen-bond acceptors (Lipinski definition) is 1. The van der Waals surface area contributed by atoms with Crippen molar-refractivity contribution < 1.29 is 0 Å². The Hall–Kier alpha value is -0.920. The average Bonchev–Trinajstić information content (AvgIpc) is 2.33. The van der Waals surface area contributed by atoms with Gasteiger partial charge in [-0.25, -0.2) is 0 Å². The third-order valence-corrected chi connectivity index (χ3v) is 1.64. The summed E-state index contributed by atoms with van der Waals surface area (Å²) in [4.78, 5) is 0. The first kappa shape index (κ1) is 6.20. The second-order valence-corrected chi connectivity index (χ2v) is 2.20. The molecule has 46 valence electrons. The lowest BCUT2D eigenvalue weighted by molar-refractivity contribution is 0.642. The molecular formula is C8H9N. The van der Waals surface area contributed by atoms with Crippen LogP contribution >= 0.6 is 0 Å². The van der Waals surface area contributed by atoms with Gasteiger partial charge in [0.15, 0.2) is 0 Å². The predicted octanol–water partition coefficient (Wildman–Crippen LogP) is 0.0884. The minimum atomic E-state index is 0.259. The highest BCUT2D eigenvalue weighted by molar-refractivity contribution is 5.11. The van der Waals surface area contributed by atoms with Gasteiger partial charge in [0.05, 0.1) is 0 Å². The van der Waals surface area contributed by atoms with Gasteiger partial charge >= 0.3 is 0 Å². The van der Waals surface area contributed by atoms with E-state index < -0.39 is 0 Å². The Morgan fingerprint density at radius 3 is 1.89 bits per heavy atom. The van der Waals surface area contributed by atoms with Crippen molar-refractivity contribution in [3.05, 3.63) is 0 Å². The molecule has 1 fully saturated rings. The van der Waals surface area contributed by atoms with Crippen molar-refractivity contribution in [3.8, 4) is 24.7 Å². The van der Waals surface area contributed by atoms with Crippen LogP contribution in [0.2, 0.25) is 0 Å². The molecule has 0 aromatic heterocycles. The largest absolute Gasteiger partial charge is 0.314 e. The summed E-state index contributed by atoms with van der Waals surface area (Å²) >= 11 is 0. The van der Waals surface area contributed by atoms with Crippen LogP contribution < -0.4 is 5.32 Å². The fraction of sp³-hybridized carbons (Fsp3) is 0.500. The lowest BCUT2D eigenvalue weighted by Crippen LogP contribution is -2.07. The Labute approximate surface area is 55.8 Å². The molecule has 1 N–H and O–H groups in total. The summed E-state index contributed by atoms with van der Waals surface area (Å²) in [6, 6.07) is 0. The van der Waals surface area contributed by atoms with Crippen LogP contribution in [0.3, 0.4) is 0 Å². The fourth-order valence-corrected chi connectivity index (χ4v) is 1.03. The molecule has 1 heterocycles. The monoisotopic (exact) mass is 119 g/mol. The molecule has 1 aliphatic heterocycles. The zero-order valence-electron chi connectivity index (χ0n) is 5.22. The van der Waals surface area contributed by atoms with E-state index in [0.717, 1.165) is 13.1 Å². The van der Waals surface area contributed by atoms with Crippen molar-refractivity contribution in [2.45, 2.75) is 0 Å². The molecule has 0 spiro atoms. The van der Waals surface area contributed by atoms with E-state index in [1.165, 1.54) is 0 Å². The molecule has 0 aliphatic carbocycles. The van der Waals surface area contributed by atoms with E-state index in [0.29, 0.717) is 0 Å². The average molecular weight is 119 g/mol. The first-order valence-corrected chi connectivity index (χ1v) is 3.01. The van der Waals surface area contributed by atoms with Gasteiger partial charge in [-0.3, -0.25) is 0 Å². The topological polar surface area (TPSA) is 12.0 Å². The van der Waals surface area contributed by atoms with Gasteiger partial charge in [-0.1, -0.05) is 0 Å². The first-order valence-electron chi connectivity index (χ1n) is 3.01. The van der Waals surface area contributed by atoms with E-state index >= 15 is 0 Å². The van der Waals surface area contributed by atoms with Crippen molar-refractivity contribution >= 4 is 0 Å². The van der Waals surface area contributed by atoms with Crippen LogP contribution in [0.5, 0.6) is 0 Å². The number of nitrogens with one attached hydrogen (secondary N) is 1. The van der Waals surface area contributed by atoms with Crippen molar-refractivity contribution in [1.29, 1.82) is 0 Å². The molecule has 0 saturated carbocycles. The summed E-state index contributed by atoms with van der Waals surface area (Å²) in [6.45, 7) is 1.76. The van der Waals surface area contributed by atoms with Gasteiger partial charge in [0.1, 0.15) is 0 Å². The maximum Gasteiger partial charge on any atom is 0.0474 e. The summed E-state index contributed by atoms with van der Waals surface area (Å²) in [5.41, 5.74) is 0. The van der Waals surface area contributed by atoms with Gasteiger partial charge in [0.25, 0.3) is 0 Å². The van der Waals surface area contributed by atoms with Crippen LogP contribution in [0.25, 0.3) is 0 Å². The Morgan fingerprint density at radius 1 is 1.11 bits per heavy atom. The van der Waals surface area contributed by atoms with E-state index in [1.54, 1.807) is 0 Å². The Kier molecular flexibility index (Phi) is 1.78. The normalized spacial score (nSPS) is 33.1. The Balaban J connectivity index is 2.57. The van der Waals surface area contributed by atoms with E-state index in [9.17, 15) is 0 Å². The van der Waals surface area contributed by atoms with Gasteiger partial charge in [-0.2, -0.15) is 0 Å². The lowest BCUT2D eigenvalue weighted by atomic mass is 9.98. The van der Waals surface area contributed by atoms with Crippen molar-refractivity contribution in [3.63, 3.8) is 0 Å². The van der Waals surface area contributed by atoms with Gasteiger partial charge in [0.2, 0.25) is 0 Å². The second-order valence-electron chi connectivity index (χ2n) is 2.20. The third kappa shape index (κ3) is 1.07. The summed E-state index contributed by atoms with van der Waals surface area (Å²) < 4.78 is 0. The molecule has 0 aromatic rings. The summed E-state index contributed by atoms with van der Waals surface area (Å²) in [5, 5.41) is 3.14. The Morgan fingerprint density at radius 2 is 1.56 bits per heavy atom. The van der Waals surface area contributed by atoms with Crippen molar-refractivity contribution in [2.24, 2.45) is 11.8 Å². The SMILES string of the molecule is C#CC1CNCC1C#C. The van der Waals surface area contributed by atoms with Crippen molar-refractivity contribution in [1.82, 2.24) is 5.32 Å². The van der Waals surface area contributed by atoms with Crippen LogP contribution in [0, 0.1) is 36.5 Å². The number of hydrogen-bond donors (Lipinski definition) is 1. The van der Waals surface area contributed by atoms with Crippen molar-refractivity contribution in [2.75, 3.05) is 13.1 Å². The lowest BCUT2D eigenvalue weighted by Gasteiger charge is -2.02. The molecule has 9 heavy (non-hydrogen) atoms. The molecule has 1 aliphatic rings. The smallest absolute Gasteiger partial charge is 0.0474 e. The number of rotatable bonds is 0. The van der Waals surface area contributed by atoms with Gasteiger partial charge in [-0.15, -0.1) is 24.7 Å². The highest BCUT2D eigenvalue weighted by Crippen LogP contribution is 2.13. The highest BCUT2D eigenvalue weighted by Gasteiger charge is 2.22. The fourth-order valence-electron chi connectivity index (χ4n) is 1.03. The molecule has 0 amide bonds. The molecule has 0 radical (unpaired) electrons. The quantitative estimate of drug-likeness (QED) is 0.445. The van der Waals surface area contributed by atoms with E-state index in [-0.39, 0.29) is 11.8 Å². The van der Waals surface area contributed by atoms with Crippen LogP contribution in [0.1, 0.15) is 0 Å². The second kappa shape index (κ2) is 2.58. The molecule has 1 saturated heterocycles. The number of terminal acetylenes is 2.